The van der Waals surface area contributed by atoms with Gasteiger partial charge in [-0.05, 0) is 12.1 Å². The van der Waals surface area contributed by atoms with Crippen LogP contribution in [-0.4, -0.2) is 21.0 Å². The lowest BCUT2D eigenvalue weighted by atomic mass is 10.1. The van der Waals surface area contributed by atoms with Crippen molar-refractivity contribution in [3.8, 4) is 0 Å². The highest BCUT2D eigenvalue weighted by atomic mass is 19.4. The lowest BCUT2D eigenvalue weighted by Crippen LogP contribution is -2.12. The summed E-state index contributed by atoms with van der Waals surface area (Å²) in [6.07, 6.45) is -6.14. The maximum absolute atomic E-state index is 12.6. The Bertz CT molecular complexity index is 603. The smallest absolute Gasteiger partial charge is 0.434 e. The Labute approximate surface area is 92.2 Å². The van der Waals surface area contributed by atoms with Crippen LogP contribution in [-0.2, 0) is 6.18 Å². The summed E-state index contributed by atoms with van der Waals surface area (Å²) < 4.78 is 38.2. The zero-order valence-electron chi connectivity index (χ0n) is 8.19. The Morgan fingerprint density at radius 3 is 2.59 bits per heavy atom. The van der Waals surface area contributed by atoms with Crippen molar-refractivity contribution in [2.75, 3.05) is 5.73 Å². The van der Waals surface area contributed by atoms with Crippen LogP contribution in [0.2, 0.25) is 0 Å². The lowest BCUT2D eigenvalue weighted by molar-refractivity contribution is -0.136. The molecule has 0 saturated heterocycles. The maximum Gasteiger partial charge on any atom is 0.434 e. The Morgan fingerprint density at radius 1 is 1.41 bits per heavy atom. The Morgan fingerprint density at radius 2 is 2.06 bits per heavy atom. The van der Waals surface area contributed by atoms with Gasteiger partial charge in [-0.2, -0.15) is 18.3 Å². The number of nitrogen functional groups attached to an aromatic ring is 1. The average molecular weight is 245 g/mol. The Balaban J connectivity index is 2.83. The van der Waals surface area contributed by atoms with Gasteiger partial charge in [0.2, 0.25) is 0 Å². The Kier molecular flexibility index (Phi) is 2.23. The number of hydrogen-bond acceptors (Lipinski definition) is 3. The number of nitrogens with zero attached hydrogens (tertiary/aromatic N) is 2. The minimum Gasteiger partial charge on any atom is -0.463 e. The van der Waals surface area contributed by atoms with Crippen molar-refractivity contribution < 1.29 is 23.1 Å². The van der Waals surface area contributed by atoms with Gasteiger partial charge in [-0.25, -0.2) is 4.79 Å². The first-order chi connectivity index (χ1) is 7.82. The third-order valence-corrected chi connectivity index (χ3v) is 2.23. The summed E-state index contributed by atoms with van der Waals surface area (Å²) >= 11 is 0. The van der Waals surface area contributed by atoms with Crippen LogP contribution < -0.4 is 5.73 Å². The summed E-state index contributed by atoms with van der Waals surface area (Å²) in [5, 5.41) is 12.0. The molecule has 0 unspecified atom stereocenters. The zero-order valence-corrected chi connectivity index (χ0v) is 8.19. The van der Waals surface area contributed by atoms with E-state index in [1.165, 1.54) is 6.07 Å². The van der Waals surface area contributed by atoms with E-state index in [0.29, 0.717) is 4.68 Å². The van der Waals surface area contributed by atoms with Gasteiger partial charge in [0.25, 0.3) is 0 Å². The molecule has 3 N–H and O–H groups in total. The molecular formula is C9H6F3N3O2. The van der Waals surface area contributed by atoms with Gasteiger partial charge in [-0.15, -0.1) is 4.68 Å². The molecule has 0 aliphatic carbocycles. The molecule has 0 amide bonds. The molecule has 0 bridgehead atoms. The normalized spacial score (nSPS) is 11.9. The molecule has 0 fully saturated rings. The third-order valence-electron chi connectivity index (χ3n) is 2.23. The number of rotatable bonds is 0. The molecule has 0 spiro atoms. The topological polar surface area (TPSA) is 81.1 Å². The fourth-order valence-corrected chi connectivity index (χ4v) is 1.50. The van der Waals surface area contributed by atoms with Crippen LogP contribution in [0.15, 0.2) is 18.2 Å². The van der Waals surface area contributed by atoms with Crippen LogP contribution in [0.1, 0.15) is 5.56 Å². The van der Waals surface area contributed by atoms with Crippen LogP contribution >= 0.6 is 0 Å². The van der Waals surface area contributed by atoms with E-state index < -0.39 is 23.3 Å². The van der Waals surface area contributed by atoms with Crippen LogP contribution in [0.4, 0.5) is 23.8 Å². The summed E-state index contributed by atoms with van der Waals surface area (Å²) in [6, 6.07) is 3.25. The highest BCUT2D eigenvalue weighted by Gasteiger charge is 2.34. The van der Waals surface area contributed by atoms with Crippen molar-refractivity contribution >= 4 is 22.8 Å². The SMILES string of the molecule is Nc1c2cccc(C(F)(F)F)c2nn1C(=O)O. The molecule has 1 heterocycles. The number of aromatic nitrogens is 2. The number of carboxylic acid groups (broad SMARTS) is 1. The number of benzene rings is 1. The van der Waals surface area contributed by atoms with E-state index in [-0.39, 0.29) is 11.2 Å². The first-order valence-corrected chi connectivity index (χ1v) is 4.40. The van der Waals surface area contributed by atoms with E-state index in [2.05, 4.69) is 5.10 Å². The first kappa shape index (κ1) is 11.2. The van der Waals surface area contributed by atoms with Gasteiger partial charge in [0.1, 0.15) is 11.3 Å². The van der Waals surface area contributed by atoms with E-state index in [4.69, 9.17) is 10.8 Å². The molecular weight excluding hydrogens is 239 g/mol. The molecule has 8 heteroatoms. The van der Waals surface area contributed by atoms with Crippen molar-refractivity contribution in [3.63, 3.8) is 0 Å². The minimum absolute atomic E-state index is 0.0396. The molecule has 0 aliphatic rings. The van der Waals surface area contributed by atoms with E-state index in [1.807, 2.05) is 0 Å². The fourth-order valence-electron chi connectivity index (χ4n) is 1.50. The molecule has 0 saturated carbocycles. The number of fused-ring (bicyclic) bond motifs is 1. The molecule has 2 aromatic rings. The monoisotopic (exact) mass is 245 g/mol. The van der Waals surface area contributed by atoms with E-state index in [1.54, 1.807) is 0 Å². The molecule has 5 nitrogen and oxygen atoms in total. The van der Waals surface area contributed by atoms with Gasteiger partial charge >= 0.3 is 12.3 Å². The second-order valence-electron chi connectivity index (χ2n) is 3.28. The number of anilines is 1. The average Bonchev–Trinajstić information content (AvgIpc) is 2.55. The van der Waals surface area contributed by atoms with E-state index >= 15 is 0 Å². The summed E-state index contributed by atoms with van der Waals surface area (Å²) in [4.78, 5) is 10.7. The third kappa shape index (κ3) is 1.67. The molecule has 1 aromatic carbocycles. The number of carbonyl (C=O) groups is 1. The molecule has 90 valence electrons. The van der Waals surface area contributed by atoms with Crippen LogP contribution in [0.5, 0.6) is 0 Å². The predicted molar refractivity (Wildman–Crippen MR) is 52.6 cm³/mol. The van der Waals surface area contributed by atoms with Gasteiger partial charge in [0, 0.05) is 5.39 Å². The number of nitrogens with two attached hydrogens (primary N) is 1. The van der Waals surface area contributed by atoms with Gasteiger partial charge < -0.3 is 10.8 Å². The second kappa shape index (κ2) is 3.37. The molecule has 0 atom stereocenters. The molecule has 2 rings (SSSR count). The summed E-state index contributed by atoms with van der Waals surface area (Å²) in [6.45, 7) is 0. The van der Waals surface area contributed by atoms with Crippen molar-refractivity contribution in [2.45, 2.75) is 6.18 Å². The highest BCUT2D eigenvalue weighted by Crippen LogP contribution is 2.35. The molecule has 17 heavy (non-hydrogen) atoms. The van der Waals surface area contributed by atoms with E-state index in [0.717, 1.165) is 12.1 Å². The summed E-state index contributed by atoms with van der Waals surface area (Å²) in [5.74, 6) is -0.335. The van der Waals surface area contributed by atoms with Gasteiger partial charge in [-0.1, -0.05) is 6.07 Å². The largest absolute Gasteiger partial charge is 0.463 e. The van der Waals surface area contributed by atoms with Gasteiger partial charge in [0.05, 0.1) is 5.56 Å². The molecule has 0 aliphatic heterocycles. The van der Waals surface area contributed by atoms with E-state index in [9.17, 15) is 18.0 Å². The van der Waals surface area contributed by atoms with Crippen molar-refractivity contribution in [1.82, 2.24) is 9.78 Å². The number of hydrogen-bond donors (Lipinski definition) is 2. The second-order valence-corrected chi connectivity index (χ2v) is 3.28. The number of alkyl halides is 3. The Hall–Kier alpha value is -2.25. The highest BCUT2D eigenvalue weighted by molar-refractivity contribution is 5.95. The predicted octanol–water partition coefficient (Wildman–Crippen LogP) is 2.16. The first-order valence-electron chi connectivity index (χ1n) is 4.40. The van der Waals surface area contributed by atoms with Crippen LogP contribution in [0, 0.1) is 0 Å². The standard InChI is InChI=1S/C9H6F3N3O2/c10-9(11,12)5-3-1-2-4-6(5)14-15(7(4)13)8(16)17/h1-3H,13H2,(H,16,17). The fraction of sp³-hybridized carbons (Fsp3) is 0.111. The quantitative estimate of drug-likeness (QED) is 0.745. The lowest BCUT2D eigenvalue weighted by Gasteiger charge is -2.05. The van der Waals surface area contributed by atoms with Gasteiger partial charge in [-0.3, -0.25) is 0 Å². The molecule has 1 aromatic heterocycles. The molecule has 0 radical (unpaired) electrons. The summed E-state index contributed by atoms with van der Waals surface area (Å²) in [5.41, 5.74) is 3.92. The number of halogens is 3. The maximum atomic E-state index is 12.6. The van der Waals surface area contributed by atoms with Crippen molar-refractivity contribution in [2.24, 2.45) is 0 Å². The van der Waals surface area contributed by atoms with Crippen molar-refractivity contribution in [3.05, 3.63) is 23.8 Å². The van der Waals surface area contributed by atoms with Crippen molar-refractivity contribution in [1.29, 1.82) is 0 Å². The van der Waals surface area contributed by atoms with Crippen LogP contribution in [0.3, 0.4) is 0 Å². The minimum atomic E-state index is -4.61. The summed E-state index contributed by atoms with van der Waals surface area (Å²) in [7, 11) is 0. The van der Waals surface area contributed by atoms with Crippen LogP contribution in [0.25, 0.3) is 10.9 Å². The zero-order chi connectivity index (χ0) is 12.8. The van der Waals surface area contributed by atoms with Gasteiger partial charge in [0.15, 0.2) is 0 Å².